The number of hydrogen-bond donors (Lipinski definition) is 0. The third kappa shape index (κ3) is 5.46. The molecule has 1 heterocycles. The average molecular weight is 458 g/mol. The summed E-state index contributed by atoms with van der Waals surface area (Å²) < 4.78 is 18.3. The Morgan fingerprint density at radius 1 is 0.824 bits per heavy atom. The van der Waals surface area contributed by atoms with E-state index in [1.54, 1.807) is 16.7 Å². The minimum Gasteiger partial charge on any atom is -0.487 e. The number of rotatable bonds is 5. The third-order valence-corrected chi connectivity index (χ3v) is 5.05. The van der Waals surface area contributed by atoms with Crippen LogP contribution in [0.25, 0.3) is 22.0 Å². The van der Waals surface area contributed by atoms with Crippen LogP contribution in [0.1, 0.15) is 33.4 Å². The van der Waals surface area contributed by atoms with Gasteiger partial charge in [0.15, 0.2) is 0 Å². The quantitative estimate of drug-likeness (QED) is 0.250. The summed E-state index contributed by atoms with van der Waals surface area (Å²) in [7, 11) is 0. The molecule has 0 aliphatic rings. The molecule has 4 aromatic rings. The van der Waals surface area contributed by atoms with Gasteiger partial charge in [-0.1, -0.05) is 42.5 Å². The maximum Gasteiger partial charge on any atom is 0.419 e. The van der Waals surface area contributed by atoms with Crippen LogP contribution in [0.3, 0.4) is 0 Å². The number of carbonyl (C=O) groups excluding carboxylic acids is 2. The minimum absolute atomic E-state index is 0.213. The average Bonchev–Trinajstić information content (AvgIpc) is 3.16. The molecular formula is C28H27NO5. The van der Waals surface area contributed by atoms with Crippen molar-refractivity contribution in [3.8, 4) is 22.6 Å². The maximum atomic E-state index is 12.9. The van der Waals surface area contributed by atoms with Crippen molar-refractivity contribution in [1.82, 2.24) is 4.57 Å². The number of para-hydroxylation sites is 1. The smallest absolute Gasteiger partial charge is 0.419 e. The number of nitrogens with zero attached hydrogens (tertiary/aromatic N) is 1. The third-order valence-electron chi connectivity index (χ3n) is 5.05. The van der Waals surface area contributed by atoms with E-state index < -0.39 is 11.7 Å². The summed E-state index contributed by atoms with van der Waals surface area (Å²) in [4.78, 5) is 24.0. The van der Waals surface area contributed by atoms with Crippen molar-refractivity contribution >= 4 is 23.0 Å². The molecule has 0 radical (unpaired) electrons. The van der Waals surface area contributed by atoms with Gasteiger partial charge in [-0.2, -0.15) is 0 Å². The standard InChI is InChI=1S/C28H27NO5/c1-19(30)33-25-15-11-21(12-16-25)20-9-13-24(14-10-20)32-18-23-17-22-7-5-6-8-26(22)29(23)27(31)34-28(2,3)4/h5-17H,18H2,1-4H3. The van der Waals surface area contributed by atoms with E-state index in [2.05, 4.69) is 0 Å². The van der Waals surface area contributed by atoms with Crippen molar-refractivity contribution in [3.63, 3.8) is 0 Å². The van der Waals surface area contributed by atoms with E-state index in [1.807, 2.05) is 87.5 Å². The monoisotopic (exact) mass is 457 g/mol. The van der Waals surface area contributed by atoms with E-state index in [0.29, 0.717) is 17.2 Å². The lowest BCUT2D eigenvalue weighted by Gasteiger charge is -2.21. The summed E-state index contributed by atoms with van der Waals surface area (Å²) in [5.41, 5.74) is 2.88. The normalized spacial score (nSPS) is 11.3. The van der Waals surface area contributed by atoms with E-state index in [4.69, 9.17) is 14.2 Å². The number of esters is 1. The Balaban J connectivity index is 1.50. The van der Waals surface area contributed by atoms with Gasteiger partial charge in [0.25, 0.3) is 0 Å². The van der Waals surface area contributed by atoms with Gasteiger partial charge in [-0.25, -0.2) is 9.36 Å². The Labute approximate surface area is 198 Å². The van der Waals surface area contributed by atoms with Gasteiger partial charge in [0, 0.05) is 12.3 Å². The van der Waals surface area contributed by atoms with Gasteiger partial charge in [-0.05, 0) is 68.3 Å². The molecule has 0 saturated heterocycles. The van der Waals surface area contributed by atoms with Crippen LogP contribution in [0.2, 0.25) is 0 Å². The molecule has 6 heteroatoms. The lowest BCUT2D eigenvalue weighted by atomic mass is 10.1. The Morgan fingerprint density at radius 3 is 2.00 bits per heavy atom. The molecule has 4 rings (SSSR count). The SMILES string of the molecule is CC(=O)Oc1ccc(-c2ccc(OCc3cc4ccccc4n3C(=O)OC(C)(C)C)cc2)cc1. The van der Waals surface area contributed by atoms with Crippen LogP contribution in [0.15, 0.2) is 78.9 Å². The number of hydrogen-bond acceptors (Lipinski definition) is 5. The number of carbonyl (C=O) groups is 2. The fourth-order valence-corrected chi connectivity index (χ4v) is 3.62. The molecule has 34 heavy (non-hydrogen) atoms. The molecule has 174 valence electrons. The highest BCUT2D eigenvalue weighted by Gasteiger charge is 2.22. The highest BCUT2D eigenvalue weighted by atomic mass is 16.6. The van der Waals surface area contributed by atoms with Gasteiger partial charge >= 0.3 is 12.1 Å². The first-order valence-corrected chi connectivity index (χ1v) is 11.0. The van der Waals surface area contributed by atoms with Crippen LogP contribution in [0.5, 0.6) is 11.5 Å². The van der Waals surface area contributed by atoms with Crippen LogP contribution in [-0.2, 0) is 16.1 Å². The fraction of sp³-hybridized carbons (Fsp3) is 0.214. The van der Waals surface area contributed by atoms with Crippen molar-refractivity contribution in [3.05, 3.63) is 84.6 Å². The molecule has 0 aliphatic carbocycles. The zero-order valence-electron chi connectivity index (χ0n) is 19.7. The summed E-state index contributed by atoms with van der Waals surface area (Å²) in [6, 6.07) is 24.6. The molecule has 0 fully saturated rings. The summed E-state index contributed by atoms with van der Waals surface area (Å²) in [5, 5.41) is 0.944. The van der Waals surface area contributed by atoms with Crippen LogP contribution in [0, 0.1) is 0 Å². The highest BCUT2D eigenvalue weighted by molar-refractivity contribution is 5.91. The topological polar surface area (TPSA) is 66.8 Å². The molecule has 0 bridgehead atoms. The lowest BCUT2D eigenvalue weighted by molar-refractivity contribution is -0.131. The second kappa shape index (κ2) is 9.43. The van der Waals surface area contributed by atoms with Crippen LogP contribution in [0.4, 0.5) is 4.79 Å². The van der Waals surface area contributed by atoms with E-state index >= 15 is 0 Å². The number of ether oxygens (including phenoxy) is 3. The Bertz CT molecular complexity index is 1310. The number of benzene rings is 3. The second-order valence-corrected chi connectivity index (χ2v) is 8.94. The first-order valence-electron chi connectivity index (χ1n) is 11.0. The van der Waals surface area contributed by atoms with Crippen LogP contribution >= 0.6 is 0 Å². The predicted octanol–water partition coefficient (Wildman–Crippen LogP) is 6.60. The van der Waals surface area contributed by atoms with E-state index in [1.165, 1.54) is 6.92 Å². The Morgan fingerprint density at radius 2 is 1.41 bits per heavy atom. The zero-order chi connectivity index (χ0) is 24.3. The van der Waals surface area contributed by atoms with E-state index in [9.17, 15) is 9.59 Å². The summed E-state index contributed by atoms with van der Waals surface area (Å²) in [6.07, 6.45) is -0.431. The van der Waals surface area contributed by atoms with Crippen molar-refractivity contribution in [1.29, 1.82) is 0 Å². The fourth-order valence-electron chi connectivity index (χ4n) is 3.62. The molecule has 0 aliphatic heterocycles. The summed E-state index contributed by atoms with van der Waals surface area (Å²) >= 11 is 0. The first-order chi connectivity index (χ1) is 16.2. The molecule has 3 aromatic carbocycles. The maximum absolute atomic E-state index is 12.9. The summed E-state index contributed by atoms with van der Waals surface area (Å²) in [6.45, 7) is 7.12. The highest BCUT2D eigenvalue weighted by Crippen LogP contribution is 2.26. The zero-order valence-corrected chi connectivity index (χ0v) is 19.7. The molecule has 0 N–H and O–H groups in total. The van der Waals surface area contributed by atoms with Crippen molar-refractivity contribution in [2.24, 2.45) is 0 Å². The number of fused-ring (bicyclic) bond motifs is 1. The lowest BCUT2D eigenvalue weighted by Crippen LogP contribution is -2.28. The Hall–Kier alpha value is -4.06. The molecule has 0 unspecified atom stereocenters. The molecule has 0 saturated carbocycles. The molecule has 6 nitrogen and oxygen atoms in total. The Kier molecular flexibility index (Phi) is 6.41. The molecule has 1 aromatic heterocycles. The van der Waals surface area contributed by atoms with Gasteiger partial charge in [0.1, 0.15) is 23.7 Å². The van der Waals surface area contributed by atoms with E-state index in [-0.39, 0.29) is 12.6 Å². The first kappa shape index (κ1) is 23.1. The molecular weight excluding hydrogens is 430 g/mol. The van der Waals surface area contributed by atoms with Crippen molar-refractivity contribution < 1.29 is 23.8 Å². The van der Waals surface area contributed by atoms with Gasteiger partial charge < -0.3 is 14.2 Å². The van der Waals surface area contributed by atoms with Gasteiger partial charge in [-0.15, -0.1) is 0 Å². The van der Waals surface area contributed by atoms with E-state index in [0.717, 1.165) is 22.0 Å². The molecule has 0 atom stereocenters. The van der Waals surface area contributed by atoms with Gasteiger partial charge in [0.2, 0.25) is 0 Å². The second-order valence-electron chi connectivity index (χ2n) is 8.94. The predicted molar refractivity (Wildman–Crippen MR) is 131 cm³/mol. The van der Waals surface area contributed by atoms with Gasteiger partial charge in [0.05, 0.1) is 11.2 Å². The van der Waals surface area contributed by atoms with Gasteiger partial charge in [-0.3, -0.25) is 4.79 Å². The molecule has 0 amide bonds. The minimum atomic E-state index is -0.604. The van der Waals surface area contributed by atoms with Crippen molar-refractivity contribution in [2.75, 3.05) is 0 Å². The summed E-state index contributed by atoms with van der Waals surface area (Å²) in [5.74, 6) is 0.845. The number of aromatic nitrogens is 1. The largest absolute Gasteiger partial charge is 0.487 e. The van der Waals surface area contributed by atoms with Crippen LogP contribution < -0.4 is 9.47 Å². The van der Waals surface area contributed by atoms with Crippen molar-refractivity contribution in [2.45, 2.75) is 39.9 Å². The molecule has 0 spiro atoms. The van der Waals surface area contributed by atoms with Crippen LogP contribution in [-0.4, -0.2) is 22.2 Å².